The van der Waals surface area contributed by atoms with Crippen molar-refractivity contribution in [2.75, 3.05) is 43.5 Å². The zero-order valence-corrected chi connectivity index (χ0v) is 18.4. The van der Waals surface area contributed by atoms with Gasteiger partial charge in [-0.3, -0.25) is 9.36 Å². The van der Waals surface area contributed by atoms with Crippen molar-refractivity contribution in [2.45, 2.75) is 44.8 Å². The largest absolute Gasteiger partial charge is 0.378 e. The third-order valence-electron chi connectivity index (χ3n) is 5.02. The van der Waals surface area contributed by atoms with Crippen molar-refractivity contribution in [1.82, 2.24) is 20.1 Å². The van der Waals surface area contributed by atoms with Crippen molar-refractivity contribution in [3.63, 3.8) is 0 Å². The van der Waals surface area contributed by atoms with Crippen LogP contribution in [-0.4, -0.2) is 59.3 Å². The smallest absolute Gasteiger partial charge is 0.230 e. The Morgan fingerprint density at radius 3 is 2.59 bits per heavy atom. The molecule has 1 N–H and O–H groups in total. The van der Waals surface area contributed by atoms with Gasteiger partial charge in [-0.15, -0.1) is 10.2 Å². The topological polar surface area (TPSA) is 72.3 Å². The standard InChI is InChI=1S/C21H31N5O2S/c1-4-26-20(25-11-13-28-14-12-25)23-24-21(26)29-15-19(27)22-10-9-17-5-7-18(8-6-17)16(2)3/h5-8,16H,4,9-15H2,1-3H3,(H,22,27). The molecule has 29 heavy (non-hydrogen) atoms. The Balaban J connectivity index is 1.45. The minimum atomic E-state index is 0.0207. The van der Waals surface area contributed by atoms with Crippen molar-refractivity contribution in [3.05, 3.63) is 35.4 Å². The lowest BCUT2D eigenvalue weighted by molar-refractivity contribution is -0.118. The summed E-state index contributed by atoms with van der Waals surface area (Å²) >= 11 is 1.44. The number of morpholine rings is 1. The van der Waals surface area contributed by atoms with E-state index in [0.29, 0.717) is 31.4 Å². The minimum Gasteiger partial charge on any atom is -0.378 e. The van der Waals surface area contributed by atoms with Gasteiger partial charge < -0.3 is 15.0 Å². The van der Waals surface area contributed by atoms with Gasteiger partial charge in [-0.05, 0) is 30.4 Å². The molecule has 2 aromatic rings. The first-order valence-electron chi connectivity index (χ1n) is 10.3. The van der Waals surface area contributed by atoms with Gasteiger partial charge >= 0.3 is 0 Å². The molecule has 1 aliphatic rings. The first-order valence-corrected chi connectivity index (χ1v) is 11.3. The lowest BCUT2D eigenvalue weighted by Gasteiger charge is -2.27. The van der Waals surface area contributed by atoms with Crippen LogP contribution in [0.1, 0.15) is 37.8 Å². The fourth-order valence-corrected chi connectivity index (χ4v) is 4.09. The van der Waals surface area contributed by atoms with Gasteiger partial charge in [-0.2, -0.15) is 0 Å². The Morgan fingerprint density at radius 1 is 1.21 bits per heavy atom. The summed E-state index contributed by atoms with van der Waals surface area (Å²) in [5, 5.41) is 12.4. The first kappa shape index (κ1) is 21.6. The number of aromatic nitrogens is 3. The van der Waals surface area contributed by atoms with Crippen LogP contribution >= 0.6 is 11.8 Å². The molecule has 1 saturated heterocycles. The molecule has 0 atom stereocenters. The quantitative estimate of drug-likeness (QED) is 0.633. The summed E-state index contributed by atoms with van der Waals surface area (Å²) in [6.45, 7) is 10.9. The summed E-state index contributed by atoms with van der Waals surface area (Å²) in [4.78, 5) is 14.4. The number of benzene rings is 1. The van der Waals surface area contributed by atoms with Crippen molar-refractivity contribution in [2.24, 2.45) is 0 Å². The number of hydrogen-bond donors (Lipinski definition) is 1. The van der Waals surface area contributed by atoms with E-state index in [1.165, 1.54) is 22.9 Å². The van der Waals surface area contributed by atoms with Gasteiger partial charge in [0, 0.05) is 26.2 Å². The Hall–Kier alpha value is -2.06. The number of anilines is 1. The SMILES string of the molecule is CCn1c(SCC(=O)NCCc2ccc(C(C)C)cc2)nnc1N1CCOCC1. The second-order valence-electron chi connectivity index (χ2n) is 7.41. The predicted octanol–water partition coefficient (Wildman–Crippen LogP) is 2.71. The molecule has 2 heterocycles. The van der Waals surface area contributed by atoms with Gasteiger partial charge in [-0.1, -0.05) is 49.9 Å². The van der Waals surface area contributed by atoms with E-state index in [4.69, 9.17) is 4.74 Å². The highest BCUT2D eigenvalue weighted by molar-refractivity contribution is 7.99. The average Bonchev–Trinajstić information content (AvgIpc) is 3.16. The van der Waals surface area contributed by atoms with Gasteiger partial charge in [0.2, 0.25) is 11.9 Å². The zero-order valence-electron chi connectivity index (χ0n) is 17.6. The molecule has 0 unspecified atom stereocenters. The average molecular weight is 418 g/mol. The van der Waals surface area contributed by atoms with Crippen LogP contribution in [0, 0.1) is 0 Å². The van der Waals surface area contributed by atoms with E-state index >= 15 is 0 Å². The van der Waals surface area contributed by atoms with Crippen LogP contribution in [0.3, 0.4) is 0 Å². The maximum absolute atomic E-state index is 12.2. The summed E-state index contributed by atoms with van der Waals surface area (Å²) in [7, 11) is 0. The maximum Gasteiger partial charge on any atom is 0.230 e. The predicted molar refractivity (Wildman–Crippen MR) is 117 cm³/mol. The van der Waals surface area contributed by atoms with E-state index in [2.05, 4.69) is 70.0 Å². The number of rotatable bonds is 9. The fraction of sp³-hybridized carbons (Fsp3) is 0.571. The summed E-state index contributed by atoms with van der Waals surface area (Å²) in [5.74, 6) is 1.76. The number of thioether (sulfide) groups is 1. The number of amides is 1. The molecule has 1 amide bonds. The molecule has 3 rings (SSSR count). The first-order chi connectivity index (χ1) is 14.1. The number of ether oxygens (including phenoxy) is 1. The maximum atomic E-state index is 12.2. The summed E-state index contributed by atoms with van der Waals surface area (Å²) in [6.07, 6.45) is 0.834. The Morgan fingerprint density at radius 2 is 1.93 bits per heavy atom. The lowest BCUT2D eigenvalue weighted by Crippen LogP contribution is -2.38. The molecule has 0 bridgehead atoms. The molecule has 1 aromatic carbocycles. The molecule has 8 heteroatoms. The van der Waals surface area contributed by atoms with Crippen LogP contribution in [0.15, 0.2) is 29.4 Å². The highest BCUT2D eigenvalue weighted by Crippen LogP contribution is 2.22. The molecule has 7 nitrogen and oxygen atoms in total. The van der Waals surface area contributed by atoms with Gasteiger partial charge in [0.05, 0.1) is 19.0 Å². The van der Waals surface area contributed by atoms with E-state index in [-0.39, 0.29) is 5.91 Å². The van der Waals surface area contributed by atoms with Crippen LogP contribution in [-0.2, 0) is 22.5 Å². The van der Waals surface area contributed by atoms with Crippen molar-refractivity contribution < 1.29 is 9.53 Å². The fourth-order valence-electron chi connectivity index (χ4n) is 3.26. The van der Waals surface area contributed by atoms with Crippen LogP contribution in [0.5, 0.6) is 0 Å². The second kappa shape index (κ2) is 10.6. The second-order valence-corrected chi connectivity index (χ2v) is 8.35. The number of hydrogen-bond acceptors (Lipinski definition) is 6. The van der Waals surface area contributed by atoms with Crippen LogP contribution in [0.25, 0.3) is 0 Å². The third-order valence-corrected chi connectivity index (χ3v) is 5.99. The van der Waals surface area contributed by atoms with Gasteiger partial charge in [0.1, 0.15) is 0 Å². The van der Waals surface area contributed by atoms with Gasteiger partial charge in [-0.25, -0.2) is 0 Å². The molecule has 1 aliphatic heterocycles. The van der Waals surface area contributed by atoms with E-state index < -0.39 is 0 Å². The van der Waals surface area contributed by atoms with Crippen molar-refractivity contribution in [3.8, 4) is 0 Å². The molecule has 1 fully saturated rings. The molecule has 1 aromatic heterocycles. The normalized spacial score (nSPS) is 14.4. The van der Waals surface area contributed by atoms with Crippen LogP contribution in [0.4, 0.5) is 5.95 Å². The molecular formula is C21H31N5O2S. The summed E-state index contributed by atoms with van der Waals surface area (Å²) in [6, 6.07) is 8.63. The number of nitrogens with zero attached hydrogens (tertiary/aromatic N) is 4. The summed E-state index contributed by atoms with van der Waals surface area (Å²) < 4.78 is 7.48. The number of nitrogens with one attached hydrogen (secondary N) is 1. The molecule has 0 aliphatic carbocycles. The van der Waals surface area contributed by atoms with E-state index in [0.717, 1.165) is 37.2 Å². The van der Waals surface area contributed by atoms with Crippen LogP contribution in [0.2, 0.25) is 0 Å². The monoisotopic (exact) mass is 417 g/mol. The van der Waals surface area contributed by atoms with E-state index in [9.17, 15) is 4.79 Å². The van der Waals surface area contributed by atoms with Crippen molar-refractivity contribution >= 4 is 23.6 Å². The van der Waals surface area contributed by atoms with Gasteiger partial charge in [0.15, 0.2) is 5.16 Å². The molecular weight excluding hydrogens is 386 g/mol. The molecule has 0 radical (unpaired) electrons. The Bertz CT molecular complexity index is 785. The minimum absolute atomic E-state index is 0.0207. The molecule has 0 spiro atoms. The van der Waals surface area contributed by atoms with E-state index in [1.54, 1.807) is 0 Å². The Labute approximate surface area is 177 Å². The zero-order chi connectivity index (χ0) is 20.6. The summed E-state index contributed by atoms with van der Waals surface area (Å²) in [5.41, 5.74) is 2.58. The molecule has 158 valence electrons. The number of carbonyl (C=O) groups excluding carboxylic acids is 1. The van der Waals surface area contributed by atoms with Crippen LogP contribution < -0.4 is 10.2 Å². The van der Waals surface area contributed by atoms with Gasteiger partial charge in [0.25, 0.3) is 0 Å². The highest BCUT2D eigenvalue weighted by atomic mass is 32.2. The van der Waals surface area contributed by atoms with E-state index in [1.807, 2.05) is 0 Å². The molecule has 0 saturated carbocycles. The highest BCUT2D eigenvalue weighted by Gasteiger charge is 2.20. The number of carbonyl (C=O) groups is 1. The third kappa shape index (κ3) is 5.96. The van der Waals surface area contributed by atoms with Crippen molar-refractivity contribution in [1.29, 1.82) is 0 Å². The Kier molecular flexibility index (Phi) is 7.94. The lowest BCUT2D eigenvalue weighted by atomic mass is 10.0.